The van der Waals surface area contributed by atoms with E-state index >= 15 is 0 Å². The van der Waals surface area contributed by atoms with Crippen molar-refractivity contribution >= 4 is 14.3 Å². The third-order valence-corrected chi connectivity index (χ3v) is 2.81. The van der Waals surface area contributed by atoms with Gasteiger partial charge in [0.15, 0.2) is 0 Å². The zero-order chi connectivity index (χ0) is 9.97. The van der Waals surface area contributed by atoms with Gasteiger partial charge in [-0.1, -0.05) is 39.2 Å². The summed E-state index contributed by atoms with van der Waals surface area (Å²) in [5, 5.41) is 9.98. The molecule has 14 heavy (non-hydrogen) atoms. The van der Waals surface area contributed by atoms with Crippen molar-refractivity contribution in [1.82, 2.24) is 0 Å². The molecule has 3 heteroatoms. The van der Waals surface area contributed by atoms with Gasteiger partial charge < -0.3 is 9.84 Å². The minimum Gasteiger partial charge on any atom is -0.386 e. The van der Waals surface area contributed by atoms with Gasteiger partial charge in [-0.25, -0.2) is 0 Å². The molecule has 74 valence electrons. The third kappa shape index (κ3) is 2.03. The van der Waals surface area contributed by atoms with E-state index in [9.17, 15) is 5.11 Å². The van der Waals surface area contributed by atoms with E-state index in [0.717, 1.165) is 23.9 Å². The van der Waals surface area contributed by atoms with Crippen LogP contribution in [-0.2, 0) is 4.74 Å². The zero-order valence-corrected chi connectivity index (χ0v) is 8.81. The molecule has 0 bridgehead atoms. The fourth-order valence-corrected chi connectivity index (χ4v) is 1.96. The van der Waals surface area contributed by atoms with Crippen LogP contribution in [0, 0.1) is 0 Å². The molecule has 1 aliphatic heterocycles. The Hall–Kier alpha value is -0.690. The molecule has 2 atom stereocenters. The fourth-order valence-electron chi connectivity index (χ4n) is 1.66. The second-order valence-electron chi connectivity index (χ2n) is 3.47. The van der Waals surface area contributed by atoms with E-state index in [1.165, 1.54) is 0 Å². The fraction of sp³-hybridized carbons (Fsp3) is 0.364. The number of hydrogen-bond donors (Lipinski definition) is 1. The highest BCUT2D eigenvalue weighted by Crippen LogP contribution is 2.27. The highest BCUT2D eigenvalue weighted by molar-refractivity contribution is 7.20. The van der Waals surface area contributed by atoms with E-state index in [2.05, 4.69) is 8.86 Å². The summed E-state index contributed by atoms with van der Waals surface area (Å²) in [6.45, 7) is 0. The topological polar surface area (TPSA) is 29.5 Å². The van der Waals surface area contributed by atoms with Gasteiger partial charge in [-0.3, -0.25) is 0 Å². The van der Waals surface area contributed by atoms with Crippen LogP contribution in [0.3, 0.4) is 0 Å². The number of aliphatic hydroxyl groups excluding tert-OH is 1. The summed E-state index contributed by atoms with van der Waals surface area (Å²) in [7, 11) is 3.35. The minimum atomic E-state index is -0.523. The van der Waals surface area contributed by atoms with Crippen LogP contribution in [0.15, 0.2) is 30.3 Å². The summed E-state index contributed by atoms with van der Waals surface area (Å²) in [5.74, 6) is 0. The second kappa shape index (κ2) is 4.22. The van der Waals surface area contributed by atoms with Gasteiger partial charge >= 0.3 is 0 Å². The van der Waals surface area contributed by atoms with E-state index in [1.807, 2.05) is 30.3 Å². The number of rotatable bonds is 2. The molecular formula is C11H13O2P. The van der Waals surface area contributed by atoms with Crippen LogP contribution in [0.1, 0.15) is 24.5 Å². The second-order valence-corrected chi connectivity index (χ2v) is 4.03. The minimum absolute atomic E-state index is 0.107. The summed E-state index contributed by atoms with van der Waals surface area (Å²) in [5.41, 5.74) is 1.75. The molecule has 1 aromatic carbocycles. The molecule has 1 fully saturated rings. The molecular weight excluding hydrogens is 195 g/mol. The predicted molar refractivity (Wildman–Crippen MR) is 58.8 cm³/mol. The molecule has 2 rings (SSSR count). The molecule has 0 amide bonds. The van der Waals surface area contributed by atoms with E-state index < -0.39 is 6.10 Å². The Bertz CT molecular complexity index is 323. The van der Waals surface area contributed by atoms with Gasteiger partial charge in [0.05, 0.1) is 11.6 Å². The van der Waals surface area contributed by atoms with Gasteiger partial charge in [0.25, 0.3) is 0 Å². The van der Waals surface area contributed by atoms with Crippen LogP contribution in [0.5, 0.6) is 0 Å². The lowest BCUT2D eigenvalue weighted by atomic mass is 10.0. The van der Waals surface area contributed by atoms with Crippen molar-refractivity contribution in [2.45, 2.75) is 25.0 Å². The summed E-state index contributed by atoms with van der Waals surface area (Å²) < 4.78 is 5.46. The molecule has 0 unspecified atom stereocenters. The number of benzene rings is 1. The Morgan fingerprint density at radius 1 is 1.36 bits per heavy atom. The lowest BCUT2D eigenvalue weighted by Crippen LogP contribution is -2.17. The van der Waals surface area contributed by atoms with Crippen LogP contribution in [0.2, 0.25) is 0 Å². The van der Waals surface area contributed by atoms with Crippen molar-refractivity contribution in [2.75, 3.05) is 0 Å². The normalized spacial score (nSPS) is 23.8. The lowest BCUT2D eigenvalue weighted by molar-refractivity contribution is 0.0430. The largest absolute Gasteiger partial charge is 0.386 e. The van der Waals surface area contributed by atoms with E-state index in [1.54, 1.807) is 0 Å². The van der Waals surface area contributed by atoms with Crippen molar-refractivity contribution in [3.8, 4) is 0 Å². The van der Waals surface area contributed by atoms with Crippen LogP contribution in [-0.4, -0.2) is 16.7 Å². The number of ether oxygens (including phenoxy) is 1. The molecule has 1 aliphatic rings. The van der Waals surface area contributed by atoms with E-state index in [-0.39, 0.29) is 6.10 Å². The van der Waals surface area contributed by atoms with Gasteiger partial charge in [0.1, 0.15) is 6.10 Å². The first-order valence-electron chi connectivity index (χ1n) is 4.74. The van der Waals surface area contributed by atoms with Crippen LogP contribution in [0.4, 0.5) is 0 Å². The highest BCUT2D eigenvalue weighted by Gasteiger charge is 2.27. The Balaban J connectivity index is 2.09. The molecule has 0 aromatic heterocycles. The first-order chi connectivity index (χ1) is 6.77. The van der Waals surface area contributed by atoms with Crippen molar-refractivity contribution in [3.63, 3.8) is 0 Å². The molecule has 0 aliphatic carbocycles. The number of hydrogen-bond acceptors (Lipinski definition) is 2. The molecule has 2 nitrogen and oxygen atoms in total. The first kappa shape index (κ1) is 9.85. The van der Waals surface area contributed by atoms with Crippen LogP contribution in [0.25, 0.3) is 0 Å². The quantitative estimate of drug-likeness (QED) is 0.755. The smallest absolute Gasteiger partial charge is 0.106 e. The van der Waals surface area contributed by atoms with E-state index in [4.69, 9.17) is 4.74 Å². The average molecular weight is 208 g/mol. The zero-order valence-electron chi connectivity index (χ0n) is 7.81. The molecule has 0 saturated carbocycles. The van der Waals surface area contributed by atoms with Gasteiger partial charge in [-0.05, 0) is 12.0 Å². The summed E-state index contributed by atoms with van der Waals surface area (Å²) >= 11 is 0. The van der Waals surface area contributed by atoms with Gasteiger partial charge in [-0.2, -0.15) is 0 Å². The van der Waals surface area contributed by atoms with Gasteiger partial charge in [0.2, 0.25) is 0 Å². The van der Waals surface area contributed by atoms with Crippen LogP contribution < -0.4 is 0 Å². The Morgan fingerprint density at radius 3 is 2.64 bits per heavy atom. The van der Waals surface area contributed by atoms with Crippen LogP contribution >= 0.6 is 8.86 Å². The lowest BCUT2D eigenvalue weighted by Gasteiger charge is -2.17. The Labute approximate surface area is 85.7 Å². The highest BCUT2D eigenvalue weighted by atomic mass is 31.0. The molecule has 1 N–H and O–H groups in total. The van der Waals surface area contributed by atoms with Gasteiger partial charge in [-0.15, -0.1) is 0 Å². The predicted octanol–water partition coefficient (Wildman–Crippen LogP) is 2.17. The first-order valence-corrected chi connectivity index (χ1v) is 5.24. The maximum atomic E-state index is 9.98. The summed E-state index contributed by atoms with van der Waals surface area (Å²) in [6.07, 6.45) is 1.12. The SMILES string of the molecule is O[C@@H](c1ccccc1)[C@@H]1CCC(=P)O1. The summed E-state index contributed by atoms with van der Waals surface area (Å²) in [4.78, 5) is 0. The van der Waals surface area contributed by atoms with Crippen molar-refractivity contribution in [3.05, 3.63) is 35.9 Å². The van der Waals surface area contributed by atoms with E-state index in [0.29, 0.717) is 0 Å². The molecule has 1 saturated heterocycles. The van der Waals surface area contributed by atoms with Crippen molar-refractivity contribution < 1.29 is 9.84 Å². The number of aliphatic hydroxyl groups is 1. The maximum Gasteiger partial charge on any atom is 0.106 e. The molecule has 1 aromatic rings. The average Bonchev–Trinajstić information content (AvgIpc) is 2.65. The summed E-state index contributed by atoms with van der Waals surface area (Å²) in [6, 6.07) is 9.62. The van der Waals surface area contributed by atoms with Gasteiger partial charge in [0, 0.05) is 6.42 Å². The van der Waals surface area contributed by atoms with Crippen molar-refractivity contribution in [1.29, 1.82) is 0 Å². The maximum absolute atomic E-state index is 9.98. The third-order valence-electron chi connectivity index (χ3n) is 2.44. The standard InChI is InChI=1S/C11H13O2P/c12-11(8-4-2-1-3-5-8)9-6-7-10(14)13-9/h1-5,9,11-12,14H,6-7H2/t9-,11-/m0/s1. The molecule has 0 radical (unpaired) electrons. The Morgan fingerprint density at radius 2 is 2.07 bits per heavy atom. The van der Waals surface area contributed by atoms with Crippen molar-refractivity contribution in [2.24, 2.45) is 0 Å². The molecule has 1 heterocycles. The molecule has 0 spiro atoms. The monoisotopic (exact) mass is 208 g/mol. The Kier molecular flexibility index (Phi) is 2.97.